The summed E-state index contributed by atoms with van der Waals surface area (Å²) in [5, 5.41) is 2.71. The molecule has 3 aliphatic heterocycles. The molecule has 0 unspecified atom stereocenters. The molecular formula is C34H46B3BrO6Se2. The molecule has 0 N–H and O–H groups in total. The molecule has 6 nitrogen and oxygen atoms in total. The van der Waals surface area contributed by atoms with Crippen molar-refractivity contribution in [2.24, 2.45) is 0 Å². The zero-order chi connectivity index (χ0) is 33.9. The van der Waals surface area contributed by atoms with Crippen LogP contribution in [-0.4, -0.2) is 83.8 Å². The minimum absolute atomic E-state index is 0.248. The monoisotopic (exact) mass is 822 g/mol. The third-order valence-corrected chi connectivity index (χ3v) is 14.4. The van der Waals surface area contributed by atoms with Crippen LogP contribution < -0.4 is 5.46 Å². The Bertz CT molecular complexity index is 1600. The van der Waals surface area contributed by atoms with Crippen molar-refractivity contribution in [1.82, 2.24) is 0 Å². The van der Waals surface area contributed by atoms with Crippen LogP contribution in [0, 0.1) is 0 Å². The first kappa shape index (κ1) is 36.7. The summed E-state index contributed by atoms with van der Waals surface area (Å²) in [5.74, 6) is 0. The molecule has 0 saturated carbocycles. The van der Waals surface area contributed by atoms with Gasteiger partial charge in [-0.15, -0.1) is 0 Å². The Morgan fingerprint density at radius 1 is 0.478 bits per heavy atom. The maximum atomic E-state index is 6.07. The molecular weight excluding hydrogens is 775 g/mol. The fourth-order valence-electron chi connectivity index (χ4n) is 5.05. The van der Waals surface area contributed by atoms with Crippen LogP contribution in [0.3, 0.4) is 0 Å². The molecule has 0 spiro atoms. The standard InChI is InChI=1S/C14H17BO2Se.C12H24B2O4.C8H5BrSe/c1-13(2)14(3,4)17-15(16-13)11-5-6-12-10(9-11)7-8-18-12;1-9(2)10(3,4)16-13(15-9)14-17-11(5,6)12(7,8)18-14;9-7-1-2-8-6(5-7)3-4-10-8/h5-9H,1-4H3;1-8H3;1-5H. The number of halogens is 1. The van der Waals surface area contributed by atoms with Gasteiger partial charge in [0.1, 0.15) is 0 Å². The molecule has 0 amide bonds. The molecule has 46 heavy (non-hydrogen) atoms. The van der Waals surface area contributed by atoms with E-state index in [1.54, 1.807) is 0 Å². The van der Waals surface area contributed by atoms with Crippen molar-refractivity contribution in [3.05, 3.63) is 62.9 Å². The first-order valence-electron chi connectivity index (χ1n) is 15.8. The van der Waals surface area contributed by atoms with Gasteiger partial charge in [0.15, 0.2) is 0 Å². The van der Waals surface area contributed by atoms with Gasteiger partial charge >= 0.3 is 202 Å². The van der Waals surface area contributed by atoms with Crippen LogP contribution in [0.2, 0.25) is 0 Å². The van der Waals surface area contributed by atoms with Gasteiger partial charge in [0, 0.05) is 0 Å². The third kappa shape index (κ3) is 7.44. The van der Waals surface area contributed by atoms with E-state index in [0.29, 0.717) is 29.0 Å². The Morgan fingerprint density at radius 3 is 1.28 bits per heavy atom. The zero-order valence-corrected chi connectivity index (χ0v) is 34.2. The Balaban J connectivity index is 0.000000142. The van der Waals surface area contributed by atoms with Crippen LogP contribution in [0.25, 0.3) is 19.3 Å². The predicted molar refractivity (Wildman–Crippen MR) is 197 cm³/mol. The number of hydrogen-bond acceptors (Lipinski definition) is 6. The van der Waals surface area contributed by atoms with Crippen LogP contribution in [0.15, 0.2) is 62.9 Å². The second-order valence-corrected chi connectivity index (χ2v) is 20.1. The summed E-state index contributed by atoms with van der Waals surface area (Å²) in [6.07, 6.45) is 0. The van der Waals surface area contributed by atoms with Gasteiger partial charge in [-0.3, -0.25) is 0 Å². The van der Waals surface area contributed by atoms with Gasteiger partial charge in [0.25, 0.3) is 0 Å². The fraction of sp³-hybridized carbons (Fsp3) is 0.529. The van der Waals surface area contributed by atoms with Gasteiger partial charge in [-0.1, -0.05) is 0 Å². The van der Waals surface area contributed by atoms with E-state index in [2.05, 4.69) is 102 Å². The van der Waals surface area contributed by atoms with Gasteiger partial charge in [0.05, 0.1) is 22.4 Å². The van der Waals surface area contributed by atoms with Crippen LogP contribution in [0.5, 0.6) is 0 Å². The average Bonchev–Trinajstić information content (AvgIpc) is 3.71. The number of benzene rings is 2. The normalized spacial score (nSPS) is 23.3. The van der Waals surface area contributed by atoms with E-state index >= 15 is 0 Å². The first-order chi connectivity index (χ1) is 21.1. The van der Waals surface area contributed by atoms with Gasteiger partial charge in [0.2, 0.25) is 0 Å². The average molecular weight is 821 g/mol. The Labute approximate surface area is 296 Å². The van der Waals surface area contributed by atoms with E-state index in [9.17, 15) is 0 Å². The second-order valence-electron chi connectivity index (χ2n) is 15.2. The van der Waals surface area contributed by atoms with Crippen molar-refractivity contribution < 1.29 is 27.9 Å². The van der Waals surface area contributed by atoms with Crippen LogP contribution in [0.1, 0.15) is 83.1 Å². The van der Waals surface area contributed by atoms with Crippen molar-refractivity contribution in [2.45, 2.75) is 117 Å². The van der Waals surface area contributed by atoms with Crippen LogP contribution >= 0.6 is 15.9 Å². The fourth-order valence-corrected chi connectivity index (χ4v) is 8.66. The number of rotatable bonds is 2. The topological polar surface area (TPSA) is 55.4 Å². The summed E-state index contributed by atoms with van der Waals surface area (Å²) in [4.78, 5) is 4.51. The minimum atomic E-state index is -0.476. The molecule has 5 heterocycles. The summed E-state index contributed by atoms with van der Waals surface area (Å²) in [6.45, 7) is 24.6. The quantitative estimate of drug-likeness (QED) is 0.201. The summed E-state index contributed by atoms with van der Waals surface area (Å²) in [7, 11) is -1.20. The molecule has 7 rings (SSSR count). The van der Waals surface area contributed by atoms with E-state index in [4.69, 9.17) is 27.9 Å². The molecule has 3 saturated heterocycles. The van der Waals surface area contributed by atoms with E-state index in [-0.39, 0.29) is 40.7 Å². The SMILES string of the molecule is Brc1ccc2[se]ccc2c1.CC1(C)OB(B2OC(C)(C)C(C)(C)O2)OC1(C)C.CC1(C)OB(c2ccc3[se]ccc3c2)OC1(C)C. The maximum absolute atomic E-state index is 6.07. The molecule has 4 aromatic rings. The zero-order valence-electron chi connectivity index (χ0n) is 29.1. The van der Waals surface area contributed by atoms with Crippen molar-refractivity contribution in [1.29, 1.82) is 0 Å². The molecule has 0 atom stereocenters. The molecule has 246 valence electrons. The second kappa shape index (κ2) is 12.9. The molecule has 2 aromatic heterocycles. The summed E-state index contributed by atoms with van der Waals surface area (Å²) >= 11 is 4.53. The van der Waals surface area contributed by atoms with E-state index < -0.39 is 14.0 Å². The van der Waals surface area contributed by atoms with Crippen molar-refractivity contribution in [3.63, 3.8) is 0 Å². The molecule has 3 fully saturated rings. The number of fused-ring (bicyclic) bond motifs is 2. The van der Waals surface area contributed by atoms with E-state index in [0.717, 1.165) is 5.46 Å². The Morgan fingerprint density at radius 2 is 0.848 bits per heavy atom. The molecule has 0 aliphatic carbocycles. The van der Waals surface area contributed by atoms with E-state index in [1.807, 2.05) is 55.4 Å². The number of hydrogen-bond donors (Lipinski definition) is 0. The van der Waals surface area contributed by atoms with Crippen molar-refractivity contribution in [3.8, 4) is 0 Å². The van der Waals surface area contributed by atoms with Gasteiger partial charge in [-0.05, 0) is 55.4 Å². The van der Waals surface area contributed by atoms with Crippen LogP contribution in [-0.2, 0) is 27.9 Å². The van der Waals surface area contributed by atoms with Crippen molar-refractivity contribution in [2.75, 3.05) is 0 Å². The Kier molecular flexibility index (Phi) is 10.3. The van der Waals surface area contributed by atoms with Gasteiger partial charge in [-0.2, -0.15) is 0 Å². The Hall–Kier alpha value is -0.606. The summed E-state index contributed by atoms with van der Waals surface area (Å²) in [5.41, 5.74) is -0.854. The van der Waals surface area contributed by atoms with E-state index in [1.165, 1.54) is 23.8 Å². The van der Waals surface area contributed by atoms with Gasteiger partial charge in [-0.25, -0.2) is 0 Å². The third-order valence-electron chi connectivity index (χ3n) is 10.2. The van der Waals surface area contributed by atoms with Crippen LogP contribution in [0.4, 0.5) is 0 Å². The molecule has 12 heteroatoms. The predicted octanol–water partition coefficient (Wildman–Crippen LogP) is 7.10. The molecule has 2 aromatic carbocycles. The van der Waals surface area contributed by atoms with Crippen molar-refractivity contribution >= 4 is 90.8 Å². The summed E-state index contributed by atoms with van der Waals surface area (Å²) in [6, 6.07) is 17.4. The summed E-state index contributed by atoms with van der Waals surface area (Å²) < 4.78 is 40.1. The first-order valence-corrected chi connectivity index (χ1v) is 20.3. The van der Waals surface area contributed by atoms with Gasteiger partial charge < -0.3 is 18.6 Å². The molecule has 0 radical (unpaired) electrons. The molecule has 0 bridgehead atoms. The molecule has 3 aliphatic rings.